The van der Waals surface area contributed by atoms with Crippen molar-refractivity contribution in [3.63, 3.8) is 0 Å². The number of nitrogens with one attached hydrogen (secondary N) is 2. The molecule has 1 aromatic carbocycles. The van der Waals surface area contributed by atoms with E-state index in [4.69, 9.17) is 4.74 Å². The summed E-state index contributed by atoms with van der Waals surface area (Å²) in [6, 6.07) is 5.22. The SMILES string of the molecule is C=CCN(C(=O)CNC(=O)OC(C)(C)C)C(C(=O)NCCCCC)c1cccc(O)c1. The predicted octanol–water partition coefficient (Wildman–Crippen LogP) is 3.28. The highest BCUT2D eigenvalue weighted by Crippen LogP contribution is 2.24. The van der Waals surface area contributed by atoms with Crippen LogP contribution in [-0.2, 0) is 14.3 Å². The highest BCUT2D eigenvalue weighted by atomic mass is 16.6. The van der Waals surface area contributed by atoms with Gasteiger partial charge in [0.2, 0.25) is 11.8 Å². The van der Waals surface area contributed by atoms with Crippen LogP contribution in [0.3, 0.4) is 0 Å². The second-order valence-corrected chi connectivity index (χ2v) is 8.19. The minimum absolute atomic E-state index is 0.0147. The largest absolute Gasteiger partial charge is 0.508 e. The number of amides is 3. The van der Waals surface area contributed by atoms with Crippen LogP contribution in [0.25, 0.3) is 0 Å². The molecule has 0 aliphatic heterocycles. The lowest BCUT2D eigenvalue weighted by molar-refractivity contribution is -0.139. The van der Waals surface area contributed by atoms with Gasteiger partial charge in [-0.2, -0.15) is 0 Å². The average molecular weight is 434 g/mol. The van der Waals surface area contributed by atoms with Crippen molar-refractivity contribution in [2.24, 2.45) is 0 Å². The first-order chi connectivity index (χ1) is 14.6. The smallest absolute Gasteiger partial charge is 0.408 e. The van der Waals surface area contributed by atoms with Gasteiger partial charge in [0.05, 0.1) is 0 Å². The van der Waals surface area contributed by atoms with E-state index in [1.165, 1.54) is 23.1 Å². The van der Waals surface area contributed by atoms with Crippen molar-refractivity contribution in [3.05, 3.63) is 42.5 Å². The zero-order valence-electron chi connectivity index (χ0n) is 18.9. The van der Waals surface area contributed by atoms with Crippen molar-refractivity contribution in [3.8, 4) is 5.75 Å². The van der Waals surface area contributed by atoms with E-state index < -0.39 is 23.6 Å². The molecule has 31 heavy (non-hydrogen) atoms. The van der Waals surface area contributed by atoms with Gasteiger partial charge in [0.15, 0.2) is 0 Å². The van der Waals surface area contributed by atoms with Crippen LogP contribution in [0.5, 0.6) is 5.75 Å². The predicted molar refractivity (Wildman–Crippen MR) is 120 cm³/mol. The van der Waals surface area contributed by atoms with Gasteiger partial charge in [-0.1, -0.05) is 38.0 Å². The van der Waals surface area contributed by atoms with E-state index in [1.807, 2.05) is 0 Å². The molecule has 0 saturated carbocycles. The summed E-state index contributed by atoms with van der Waals surface area (Å²) >= 11 is 0. The lowest BCUT2D eigenvalue weighted by Crippen LogP contribution is -2.48. The van der Waals surface area contributed by atoms with Gasteiger partial charge in [0.25, 0.3) is 0 Å². The van der Waals surface area contributed by atoms with E-state index in [0.717, 1.165) is 19.3 Å². The molecular formula is C23H35N3O5. The number of unbranched alkanes of at least 4 members (excludes halogenated alkanes) is 2. The Morgan fingerprint density at radius 1 is 1.23 bits per heavy atom. The van der Waals surface area contributed by atoms with Crippen LogP contribution in [0, 0.1) is 0 Å². The van der Waals surface area contributed by atoms with Gasteiger partial charge in [0.1, 0.15) is 23.9 Å². The molecule has 0 aliphatic rings. The summed E-state index contributed by atoms with van der Waals surface area (Å²) < 4.78 is 5.16. The maximum absolute atomic E-state index is 13.0. The Morgan fingerprint density at radius 2 is 1.94 bits per heavy atom. The fourth-order valence-corrected chi connectivity index (χ4v) is 2.90. The number of benzene rings is 1. The van der Waals surface area contributed by atoms with Gasteiger partial charge < -0.3 is 25.4 Å². The quantitative estimate of drug-likeness (QED) is 0.367. The van der Waals surface area contributed by atoms with E-state index in [9.17, 15) is 19.5 Å². The summed E-state index contributed by atoms with van der Waals surface area (Å²) in [7, 11) is 0. The fourth-order valence-electron chi connectivity index (χ4n) is 2.90. The Morgan fingerprint density at radius 3 is 2.52 bits per heavy atom. The molecule has 0 aliphatic carbocycles. The van der Waals surface area contributed by atoms with Crippen molar-refractivity contribution in [2.75, 3.05) is 19.6 Å². The zero-order chi connectivity index (χ0) is 23.4. The Kier molecular flexibility index (Phi) is 10.6. The maximum atomic E-state index is 13.0. The second-order valence-electron chi connectivity index (χ2n) is 8.19. The number of hydrogen-bond donors (Lipinski definition) is 3. The molecule has 1 unspecified atom stereocenters. The number of carbonyl (C=O) groups excluding carboxylic acids is 3. The van der Waals surface area contributed by atoms with E-state index in [-0.39, 0.29) is 24.7 Å². The normalized spacial score (nSPS) is 11.9. The molecule has 0 fully saturated rings. The zero-order valence-corrected chi connectivity index (χ0v) is 18.9. The highest BCUT2D eigenvalue weighted by Gasteiger charge is 2.31. The van der Waals surface area contributed by atoms with E-state index in [1.54, 1.807) is 32.9 Å². The van der Waals surface area contributed by atoms with Crippen molar-refractivity contribution in [2.45, 2.75) is 58.6 Å². The minimum atomic E-state index is -0.986. The Hall–Kier alpha value is -3.03. The molecule has 0 radical (unpaired) electrons. The molecule has 0 bridgehead atoms. The number of phenols is 1. The number of phenolic OH excluding ortho intramolecular Hbond substituents is 1. The summed E-state index contributed by atoms with van der Waals surface area (Å²) in [6.07, 6.45) is 3.60. The third-order valence-electron chi connectivity index (χ3n) is 4.25. The van der Waals surface area contributed by atoms with Gasteiger partial charge >= 0.3 is 6.09 Å². The van der Waals surface area contributed by atoms with Crippen molar-refractivity contribution in [1.82, 2.24) is 15.5 Å². The third kappa shape index (κ3) is 9.55. The molecule has 1 atom stereocenters. The first-order valence-corrected chi connectivity index (χ1v) is 10.5. The number of rotatable bonds is 11. The molecular weight excluding hydrogens is 398 g/mol. The molecule has 0 heterocycles. The highest BCUT2D eigenvalue weighted by molar-refractivity contribution is 5.90. The molecule has 8 heteroatoms. The number of aromatic hydroxyl groups is 1. The van der Waals surface area contributed by atoms with Gasteiger partial charge in [-0.15, -0.1) is 6.58 Å². The number of carbonyl (C=O) groups is 3. The average Bonchev–Trinajstić information content (AvgIpc) is 2.68. The van der Waals surface area contributed by atoms with Crippen LogP contribution in [0.15, 0.2) is 36.9 Å². The molecule has 172 valence electrons. The van der Waals surface area contributed by atoms with Crippen LogP contribution < -0.4 is 10.6 Å². The molecule has 3 amide bonds. The first kappa shape index (κ1) is 26.0. The molecule has 8 nitrogen and oxygen atoms in total. The minimum Gasteiger partial charge on any atom is -0.508 e. The van der Waals surface area contributed by atoms with Crippen LogP contribution in [0.1, 0.15) is 58.6 Å². The van der Waals surface area contributed by atoms with Crippen LogP contribution >= 0.6 is 0 Å². The Bertz CT molecular complexity index is 758. The van der Waals surface area contributed by atoms with Crippen LogP contribution in [0.4, 0.5) is 4.79 Å². The molecule has 1 aromatic rings. The van der Waals surface area contributed by atoms with Crippen molar-refractivity contribution < 1.29 is 24.2 Å². The van der Waals surface area contributed by atoms with Crippen LogP contribution in [0.2, 0.25) is 0 Å². The van der Waals surface area contributed by atoms with Gasteiger partial charge in [-0.25, -0.2) is 4.79 Å². The molecule has 0 saturated heterocycles. The topological polar surface area (TPSA) is 108 Å². The summed E-state index contributed by atoms with van der Waals surface area (Å²) in [5, 5.41) is 15.2. The van der Waals surface area contributed by atoms with E-state index in [0.29, 0.717) is 12.1 Å². The summed E-state index contributed by atoms with van der Waals surface area (Å²) in [4.78, 5) is 39.2. The maximum Gasteiger partial charge on any atom is 0.408 e. The molecule has 0 aromatic heterocycles. The lowest BCUT2D eigenvalue weighted by Gasteiger charge is -2.31. The monoisotopic (exact) mass is 433 g/mol. The van der Waals surface area contributed by atoms with Gasteiger partial charge in [-0.05, 0) is 44.9 Å². The molecule has 1 rings (SSSR count). The number of nitrogens with zero attached hydrogens (tertiary/aromatic N) is 1. The molecule has 0 spiro atoms. The number of hydrogen-bond acceptors (Lipinski definition) is 5. The van der Waals surface area contributed by atoms with Crippen LogP contribution in [-0.4, -0.2) is 53.1 Å². The molecule has 3 N–H and O–H groups in total. The second kappa shape index (κ2) is 12.6. The van der Waals surface area contributed by atoms with E-state index in [2.05, 4.69) is 24.1 Å². The van der Waals surface area contributed by atoms with Crippen molar-refractivity contribution in [1.29, 1.82) is 0 Å². The summed E-state index contributed by atoms with van der Waals surface area (Å²) in [6.45, 7) is 11.1. The van der Waals surface area contributed by atoms with Gasteiger partial charge in [0, 0.05) is 13.1 Å². The Balaban J connectivity index is 3.05. The first-order valence-electron chi connectivity index (χ1n) is 10.5. The van der Waals surface area contributed by atoms with Crippen molar-refractivity contribution >= 4 is 17.9 Å². The lowest BCUT2D eigenvalue weighted by atomic mass is 10.0. The van der Waals surface area contributed by atoms with E-state index >= 15 is 0 Å². The summed E-state index contributed by atoms with van der Waals surface area (Å²) in [5.74, 6) is -0.865. The Labute approximate surface area is 184 Å². The number of ether oxygens (including phenoxy) is 1. The fraction of sp³-hybridized carbons (Fsp3) is 0.522. The standard InChI is InChI=1S/C23H35N3O5/c1-6-8-9-13-24-21(29)20(17-11-10-12-18(27)15-17)26(14-7-2)19(28)16-25-22(30)31-23(3,4)5/h7,10-12,15,20,27H,2,6,8-9,13-14,16H2,1,3-5H3,(H,24,29)(H,25,30). The summed E-state index contributed by atoms with van der Waals surface area (Å²) in [5.41, 5.74) is -0.239. The number of alkyl carbamates (subject to hydrolysis) is 1. The third-order valence-corrected chi connectivity index (χ3v) is 4.25. The van der Waals surface area contributed by atoms with Gasteiger partial charge in [-0.3, -0.25) is 9.59 Å².